The largest absolute Gasteiger partial charge is 0.490 e. The molecule has 2 aliphatic carbocycles. The number of aromatic nitrogens is 2. The van der Waals surface area contributed by atoms with Crippen LogP contribution in [-0.2, 0) is 9.59 Å². The van der Waals surface area contributed by atoms with Crippen LogP contribution in [0.15, 0.2) is 48.8 Å². The van der Waals surface area contributed by atoms with Crippen LogP contribution >= 0.6 is 0 Å². The van der Waals surface area contributed by atoms with Crippen LogP contribution in [0.25, 0.3) is 0 Å². The van der Waals surface area contributed by atoms with E-state index in [1.807, 2.05) is 32.0 Å². The molecule has 2 aromatic carbocycles. The predicted molar refractivity (Wildman–Crippen MR) is 230 cm³/mol. The average Bonchev–Trinajstić information content (AvgIpc) is 3.20. The normalized spacial score (nSPS) is 24.5. The van der Waals surface area contributed by atoms with Crippen molar-refractivity contribution in [3.63, 3.8) is 0 Å². The van der Waals surface area contributed by atoms with Crippen molar-refractivity contribution < 1.29 is 28.7 Å². The Kier molecular flexibility index (Phi) is 12.4. The van der Waals surface area contributed by atoms with Gasteiger partial charge in [0.15, 0.2) is 0 Å². The van der Waals surface area contributed by atoms with Crippen molar-refractivity contribution in [1.82, 2.24) is 30.8 Å². The third-order valence-electron chi connectivity index (χ3n) is 13.4. The van der Waals surface area contributed by atoms with Gasteiger partial charge in [0, 0.05) is 85.8 Å². The Labute approximate surface area is 359 Å². The molecule has 3 N–H and O–H groups in total. The number of anilines is 1. The molecule has 14 heteroatoms. The molecular formula is C47H60N8O6. The summed E-state index contributed by atoms with van der Waals surface area (Å²) in [7, 11) is 0. The Morgan fingerprint density at radius 2 is 1.56 bits per heavy atom. The Bertz CT molecular complexity index is 2150. The lowest BCUT2D eigenvalue weighted by atomic mass is 9.49. The van der Waals surface area contributed by atoms with Crippen molar-refractivity contribution >= 4 is 29.6 Å². The smallest absolute Gasteiger partial charge is 0.254 e. The Morgan fingerprint density at radius 1 is 0.918 bits per heavy atom. The maximum absolute atomic E-state index is 13.5. The molecule has 3 heterocycles. The topological polar surface area (TPSA) is 179 Å². The summed E-state index contributed by atoms with van der Waals surface area (Å²) in [6.45, 7) is 19.5. The van der Waals surface area contributed by atoms with E-state index in [1.165, 1.54) is 0 Å². The Morgan fingerprint density at radius 3 is 2.16 bits per heavy atom. The number of nitrogens with one attached hydrogen (secondary N) is 3. The number of nitriles is 1. The molecule has 1 aromatic heterocycles. The van der Waals surface area contributed by atoms with Crippen LogP contribution in [0.1, 0.15) is 117 Å². The van der Waals surface area contributed by atoms with Crippen LogP contribution in [0.5, 0.6) is 11.5 Å². The summed E-state index contributed by atoms with van der Waals surface area (Å²) in [4.78, 5) is 64.1. The van der Waals surface area contributed by atoms with Gasteiger partial charge in [-0.3, -0.25) is 29.4 Å². The molecule has 4 amide bonds. The first-order valence-corrected chi connectivity index (χ1v) is 21.7. The molecule has 4 fully saturated rings. The minimum Gasteiger partial charge on any atom is -0.490 e. The first-order valence-electron chi connectivity index (χ1n) is 21.7. The predicted octanol–water partition coefficient (Wildman–Crippen LogP) is 5.65. The number of imide groups is 1. The molecule has 4 aliphatic rings. The molecule has 1 atom stereocenters. The molecule has 7 rings (SSSR count). The standard InChI is InChI=1S/C47H60N8O6/c1-27(2)55(33-21-36(22-33)60-34-11-9-10-31(20-34)40(57)51-38-12-13-39(56)52-42(38)59)26-30-14-16-54(17-15-30)45-49-24-32(25-50-45)41(58)53-43-46(5,6)44(47(43,7)8)61-35-18-28(3)37(23-48)29(4)19-35/h9-11,18-20,24-25,27,30,33,36,38,43-44H,12-17,21-22,26H2,1-8H3,(H,51,57)(H,53,58)(H,52,56,59)/t33-,36-,38?,43-,44-. The summed E-state index contributed by atoms with van der Waals surface area (Å²) < 4.78 is 12.8. The van der Waals surface area contributed by atoms with Gasteiger partial charge in [0.05, 0.1) is 17.2 Å². The molecule has 61 heavy (non-hydrogen) atoms. The quantitative estimate of drug-likeness (QED) is 0.181. The molecule has 0 radical (unpaired) electrons. The zero-order chi connectivity index (χ0) is 43.8. The summed E-state index contributed by atoms with van der Waals surface area (Å²) >= 11 is 0. The number of amides is 4. The fraction of sp³-hybridized carbons (Fsp3) is 0.553. The van der Waals surface area contributed by atoms with Crippen LogP contribution < -0.4 is 30.3 Å². The van der Waals surface area contributed by atoms with E-state index >= 15 is 0 Å². The van der Waals surface area contributed by atoms with Gasteiger partial charge in [-0.1, -0.05) is 33.8 Å². The third kappa shape index (κ3) is 9.22. The van der Waals surface area contributed by atoms with Gasteiger partial charge in [0.1, 0.15) is 29.7 Å². The van der Waals surface area contributed by atoms with Gasteiger partial charge in [-0.2, -0.15) is 5.26 Å². The van der Waals surface area contributed by atoms with Gasteiger partial charge < -0.3 is 25.0 Å². The van der Waals surface area contributed by atoms with E-state index in [1.54, 1.807) is 30.6 Å². The minimum atomic E-state index is -0.733. The van der Waals surface area contributed by atoms with E-state index < -0.39 is 11.9 Å². The first kappa shape index (κ1) is 43.5. The molecule has 14 nitrogen and oxygen atoms in total. The number of nitrogens with zero attached hydrogens (tertiary/aromatic N) is 5. The zero-order valence-corrected chi connectivity index (χ0v) is 36.7. The highest BCUT2D eigenvalue weighted by molar-refractivity contribution is 6.03. The zero-order valence-electron chi connectivity index (χ0n) is 36.7. The summed E-state index contributed by atoms with van der Waals surface area (Å²) in [5, 5.41) is 17.7. The van der Waals surface area contributed by atoms with E-state index in [9.17, 15) is 24.4 Å². The summed E-state index contributed by atoms with van der Waals surface area (Å²) in [6, 6.07) is 13.0. The number of rotatable bonds is 13. The van der Waals surface area contributed by atoms with Crippen molar-refractivity contribution in [2.24, 2.45) is 16.7 Å². The van der Waals surface area contributed by atoms with Gasteiger partial charge in [-0.05, 0) is 94.3 Å². The number of carbonyl (C=O) groups excluding carboxylic acids is 4. The monoisotopic (exact) mass is 832 g/mol. The number of hydrogen-bond acceptors (Lipinski definition) is 11. The lowest BCUT2D eigenvalue weighted by Crippen LogP contribution is -2.74. The highest BCUT2D eigenvalue weighted by Crippen LogP contribution is 2.55. The van der Waals surface area contributed by atoms with E-state index in [0.717, 1.165) is 62.2 Å². The van der Waals surface area contributed by atoms with Crippen molar-refractivity contribution in [3.8, 4) is 17.6 Å². The number of hydrogen-bond donors (Lipinski definition) is 3. The molecule has 3 aromatic rings. The second kappa shape index (κ2) is 17.4. The van der Waals surface area contributed by atoms with Gasteiger partial charge >= 0.3 is 0 Å². The van der Waals surface area contributed by atoms with Crippen LogP contribution in [-0.4, -0.2) is 94.5 Å². The Balaban J connectivity index is 0.858. The summed E-state index contributed by atoms with van der Waals surface area (Å²) in [5.74, 6) is 1.14. The van der Waals surface area contributed by atoms with Crippen LogP contribution in [0.2, 0.25) is 0 Å². The minimum absolute atomic E-state index is 0.0511. The summed E-state index contributed by atoms with van der Waals surface area (Å²) in [6.07, 6.45) is 7.47. The number of carbonyl (C=O) groups is 4. The van der Waals surface area contributed by atoms with Crippen molar-refractivity contribution in [2.75, 3.05) is 24.5 Å². The number of aryl methyl sites for hydroxylation is 2. The second-order valence-corrected chi connectivity index (χ2v) is 19.0. The number of piperidine rings is 2. The highest BCUT2D eigenvalue weighted by Gasteiger charge is 2.64. The van der Waals surface area contributed by atoms with Crippen molar-refractivity contribution in [2.45, 2.75) is 130 Å². The third-order valence-corrected chi connectivity index (χ3v) is 13.4. The van der Waals surface area contributed by atoms with Crippen LogP contribution in [0.4, 0.5) is 5.95 Å². The molecular weight excluding hydrogens is 773 g/mol. The van der Waals surface area contributed by atoms with Crippen molar-refractivity contribution in [3.05, 3.63) is 76.6 Å². The number of ether oxygens (including phenoxy) is 2. The maximum Gasteiger partial charge on any atom is 0.254 e. The fourth-order valence-electron chi connectivity index (χ4n) is 10.2. The van der Waals surface area contributed by atoms with Gasteiger partial charge in [-0.15, -0.1) is 0 Å². The molecule has 0 spiro atoms. The molecule has 2 saturated heterocycles. The van der Waals surface area contributed by atoms with Gasteiger partial charge in [0.25, 0.3) is 11.8 Å². The fourth-order valence-corrected chi connectivity index (χ4v) is 10.2. The molecule has 1 unspecified atom stereocenters. The molecule has 324 valence electrons. The second-order valence-electron chi connectivity index (χ2n) is 19.0. The van der Waals surface area contributed by atoms with E-state index in [4.69, 9.17) is 9.47 Å². The van der Waals surface area contributed by atoms with Gasteiger partial charge in [0.2, 0.25) is 17.8 Å². The molecule has 2 aliphatic heterocycles. The van der Waals surface area contributed by atoms with E-state index in [-0.39, 0.29) is 59.6 Å². The van der Waals surface area contributed by atoms with Crippen LogP contribution in [0.3, 0.4) is 0 Å². The Hall–Kier alpha value is -5.55. The average molecular weight is 833 g/mol. The lowest BCUT2D eigenvalue weighted by molar-refractivity contribution is -0.164. The number of benzene rings is 2. The van der Waals surface area contributed by atoms with E-state index in [2.05, 4.69) is 83.3 Å². The summed E-state index contributed by atoms with van der Waals surface area (Å²) in [5.41, 5.74) is 2.57. The molecule has 2 saturated carbocycles. The molecule has 0 bridgehead atoms. The van der Waals surface area contributed by atoms with Crippen molar-refractivity contribution in [1.29, 1.82) is 5.26 Å². The SMILES string of the molecule is Cc1cc(O[C@H]2C(C)(C)[C@H](NC(=O)c3cnc(N4CCC(CN(C(C)C)[C@H]5C[C@H](Oc6cccc(C(=O)NC7CCC(=O)NC7=O)c6)C5)CC4)nc3)C2(C)C)cc(C)c1C#N. The van der Waals surface area contributed by atoms with E-state index in [0.29, 0.717) is 46.4 Å². The van der Waals surface area contributed by atoms with Gasteiger partial charge in [-0.25, -0.2) is 9.97 Å². The maximum atomic E-state index is 13.5. The lowest BCUT2D eigenvalue weighted by Gasteiger charge is -2.63. The highest BCUT2D eigenvalue weighted by atomic mass is 16.5. The van der Waals surface area contributed by atoms with Crippen LogP contribution in [0, 0.1) is 41.9 Å². The first-order chi connectivity index (χ1) is 28.9.